The molecule has 4 heteroatoms. The van der Waals surface area contributed by atoms with Crippen molar-refractivity contribution >= 4 is 20.2 Å². The van der Waals surface area contributed by atoms with Gasteiger partial charge in [0.15, 0.2) is 8.32 Å². The molecule has 0 bridgehead atoms. The molecule has 1 unspecified atom stereocenters. The molecule has 2 rings (SSSR count). The van der Waals surface area contributed by atoms with E-state index in [1.54, 1.807) is 6.21 Å². The van der Waals surface area contributed by atoms with Crippen molar-refractivity contribution in [3.05, 3.63) is 24.3 Å². The van der Waals surface area contributed by atoms with E-state index in [1.807, 2.05) is 24.3 Å². The number of para-hydroxylation sites is 2. The lowest BCUT2D eigenvalue weighted by Crippen LogP contribution is -2.46. The number of hydrogen-bond acceptors (Lipinski definition) is 3. The van der Waals surface area contributed by atoms with E-state index >= 15 is 0 Å². The minimum atomic E-state index is -1.83. The molecule has 1 aliphatic rings. The van der Waals surface area contributed by atoms with Gasteiger partial charge in [0, 0.05) is 0 Å². The van der Waals surface area contributed by atoms with Crippen LogP contribution in [0.15, 0.2) is 29.3 Å². The summed E-state index contributed by atoms with van der Waals surface area (Å²) < 4.78 is 12.0. The Kier molecular flexibility index (Phi) is 3.34. The average Bonchev–Trinajstić information content (AvgIpc) is 2.27. The fourth-order valence-electron chi connectivity index (χ4n) is 1.48. The molecular formula is C14H21NO2Si. The topological polar surface area (TPSA) is 30.8 Å². The molecule has 0 aliphatic carbocycles. The van der Waals surface area contributed by atoms with Gasteiger partial charge in [-0.15, -0.1) is 0 Å². The van der Waals surface area contributed by atoms with Gasteiger partial charge in [-0.05, 0) is 30.3 Å². The second-order valence-corrected chi connectivity index (χ2v) is 10.9. The van der Waals surface area contributed by atoms with Crippen molar-refractivity contribution < 1.29 is 9.16 Å². The highest BCUT2D eigenvalue weighted by atomic mass is 28.4. The van der Waals surface area contributed by atoms with Crippen LogP contribution < -0.4 is 4.74 Å². The van der Waals surface area contributed by atoms with Gasteiger partial charge in [-0.1, -0.05) is 32.9 Å². The fraction of sp³-hybridized carbons (Fsp3) is 0.500. The molecule has 98 valence electrons. The molecular weight excluding hydrogens is 242 g/mol. The maximum Gasteiger partial charge on any atom is 0.228 e. The second-order valence-electron chi connectivity index (χ2n) is 6.11. The monoisotopic (exact) mass is 263 g/mol. The van der Waals surface area contributed by atoms with E-state index in [2.05, 4.69) is 38.9 Å². The Bertz CT molecular complexity index is 463. The number of fused-ring (bicyclic) bond motifs is 1. The van der Waals surface area contributed by atoms with Crippen LogP contribution in [0.1, 0.15) is 20.8 Å². The molecule has 0 saturated carbocycles. The van der Waals surface area contributed by atoms with Crippen LogP contribution >= 0.6 is 0 Å². The normalized spacial score (nSPS) is 19.3. The maximum atomic E-state index is 6.17. The number of ether oxygens (including phenoxy) is 1. The summed E-state index contributed by atoms with van der Waals surface area (Å²) in [6.45, 7) is 11.1. The summed E-state index contributed by atoms with van der Waals surface area (Å²) in [5.74, 6) is 0.795. The van der Waals surface area contributed by atoms with Gasteiger partial charge < -0.3 is 9.16 Å². The summed E-state index contributed by atoms with van der Waals surface area (Å²) in [6.07, 6.45) is 1.39. The van der Waals surface area contributed by atoms with Crippen molar-refractivity contribution in [1.82, 2.24) is 0 Å². The first kappa shape index (κ1) is 13.3. The number of hydrogen-bond donors (Lipinski definition) is 0. The molecule has 0 saturated heterocycles. The number of nitrogens with zero attached hydrogens (tertiary/aromatic N) is 1. The van der Waals surface area contributed by atoms with Gasteiger partial charge in [0.05, 0.1) is 6.21 Å². The van der Waals surface area contributed by atoms with Crippen LogP contribution in [0.25, 0.3) is 0 Å². The first-order chi connectivity index (χ1) is 8.29. The van der Waals surface area contributed by atoms with E-state index in [-0.39, 0.29) is 11.3 Å². The Morgan fingerprint density at radius 1 is 1.22 bits per heavy atom. The van der Waals surface area contributed by atoms with Crippen LogP contribution in [0.4, 0.5) is 5.69 Å². The van der Waals surface area contributed by atoms with Crippen molar-refractivity contribution in [3.8, 4) is 5.75 Å². The molecule has 1 aromatic rings. The average molecular weight is 263 g/mol. The van der Waals surface area contributed by atoms with E-state index in [4.69, 9.17) is 9.16 Å². The SMILES string of the molecule is CC(C)(C)[Si](C)(C)OC1C=Nc2ccccc2O1. The minimum Gasteiger partial charge on any atom is -0.458 e. The third kappa shape index (κ3) is 2.65. The minimum absolute atomic E-state index is 0.168. The van der Waals surface area contributed by atoms with Gasteiger partial charge in [0.2, 0.25) is 6.29 Å². The molecule has 18 heavy (non-hydrogen) atoms. The maximum absolute atomic E-state index is 6.17. The molecule has 0 fully saturated rings. The van der Waals surface area contributed by atoms with E-state index in [1.165, 1.54) is 0 Å². The van der Waals surface area contributed by atoms with Crippen molar-refractivity contribution in [2.24, 2.45) is 4.99 Å². The number of aliphatic imine (C=N–C) groups is 1. The molecule has 0 N–H and O–H groups in total. The van der Waals surface area contributed by atoms with Gasteiger partial charge >= 0.3 is 0 Å². The molecule has 0 radical (unpaired) electrons. The van der Waals surface area contributed by atoms with E-state index in [9.17, 15) is 0 Å². The Labute approximate surface area is 110 Å². The lowest BCUT2D eigenvalue weighted by atomic mass is 10.2. The standard InChI is InChI=1S/C14H21NO2Si/c1-14(2,3)18(4,5)17-13-10-15-11-8-6-7-9-12(11)16-13/h6-10,13H,1-5H3. The third-order valence-electron chi connectivity index (χ3n) is 3.66. The van der Waals surface area contributed by atoms with Crippen LogP contribution in [0.3, 0.4) is 0 Å². The smallest absolute Gasteiger partial charge is 0.228 e. The molecule has 3 nitrogen and oxygen atoms in total. The highest BCUT2D eigenvalue weighted by Crippen LogP contribution is 2.38. The van der Waals surface area contributed by atoms with Crippen LogP contribution in [0.5, 0.6) is 5.75 Å². The van der Waals surface area contributed by atoms with Crippen LogP contribution in [0, 0.1) is 0 Å². The number of rotatable bonds is 2. The molecule has 1 aliphatic heterocycles. The molecule has 0 aromatic heterocycles. The molecule has 1 aromatic carbocycles. The molecule has 0 amide bonds. The van der Waals surface area contributed by atoms with Crippen molar-refractivity contribution in [3.63, 3.8) is 0 Å². The van der Waals surface area contributed by atoms with Crippen LogP contribution in [-0.4, -0.2) is 20.8 Å². The number of benzene rings is 1. The summed E-state index contributed by atoms with van der Waals surface area (Å²) in [6, 6.07) is 7.76. The fourth-order valence-corrected chi connectivity index (χ4v) is 2.53. The predicted molar refractivity (Wildman–Crippen MR) is 77.3 cm³/mol. The van der Waals surface area contributed by atoms with Crippen molar-refractivity contribution in [2.45, 2.75) is 45.2 Å². The second kappa shape index (κ2) is 4.52. The van der Waals surface area contributed by atoms with E-state index < -0.39 is 8.32 Å². The summed E-state index contributed by atoms with van der Waals surface area (Å²) in [5.41, 5.74) is 0.868. The van der Waals surface area contributed by atoms with Crippen molar-refractivity contribution in [1.29, 1.82) is 0 Å². The highest BCUT2D eigenvalue weighted by Gasteiger charge is 2.40. The molecule has 1 heterocycles. The lowest BCUT2D eigenvalue weighted by Gasteiger charge is -2.38. The summed E-state index contributed by atoms with van der Waals surface area (Å²) >= 11 is 0. The predicted octanol–water partition coefficient (Wildman–Crippen LogP) is 4.13. The Morgan fingerprint density at radius 3 is 2.56 bits per heavy atom. The van der Waals surface area contributed by atoms with E-state index in [0.717, 1.165) is 11.4 Å². The Morgan fingerprint density at radius 2 is 1.89 bits per heavy atom. The van der Waals surface area contributed by atoms with Gasteiger partial charge in [-0.3, -0.25) is 4.99 Å². The summed E-state index contributed by atoms with van der Waals surface area (Å²) in [4.78, 5) is 4.39. The van der Waals surface area contributed by atoms with Gasteiger partial charge in [0.25, 0.3) is 0 Å². The van der Waals surface area contributed by atoms with Crippen molar-refractivity contribution in [2.75, 3.05) is 0 Å². The first-order valence-electron chi connectivity index (χ1n) is 6.27. The molecule has 1 atom stereocenters. The quantitative estimate of drug-likeness (QED) is 0.751. The van der Waals surface area contributed by atoms with Gasteiger partial charge in [-0.2, -0.15) is 0 Å². The zero-order valence-corrected chi connectivity index (χ0v) is 12.7. The lowest BCUT2D eigenvalue weighted by molar-refractivity contribution is 0.0538. The largest absolute Gasteiger partial charge is 0.458 e. The Hall–Kier alpha value is -1.13. The van der Waals surface area contributed by atoms with Crippen LogP contribution in [-0.2, 0) is 4.43 Å². The highest BCUT2D eigenvalue weighted by molar-refractivity contribution is 6.74. The zero-order chi connectivity index (χ0) is 13.4. The van der Waals surface area contributed by atoms with E-state index in [0.29, 0.717) is 0 Å². The first-order valence-corrected chi connectivity index (χ1v) is 9.18. The summed E-state index contributed by atoms with van der Waals surface area (Å²) in [7, 11) is -1.83. The van der Waals surface area contributed by atoms with Gasteiger partial charge in [-0.25, -0.2) is 0 Å². The molecule has 0 spiro atoms. The van der Waals surface area contributed by atoms with Crippen LogP contribution in [0.2, 0.25) is 18.1 Å². The van der Waals surface area contributed by atoms with Gasteiger partial charge in [0.1, 0.15) is 11.4 Å². The third-order valence-corrected chi connectivity index (χ3v) is 8.09. The Balaban J connectivity index is 2.12. The zero-order valence-electron chi connectivity index (χ0n) is 11.7. The summed E-state index contributed by atoms with van der Waals surface area (Å²) in [5, 5.41) is 0.168.